The molecule has 8 heteroatoms. The molecule has 0 spiro atoms. The number of amides is 1. The van der Waals surface area contributed by atoms with Gasteiger partial charge in [0.15, 0.2) is 0 Å². The Kier molecular flexibility index (Phi) is 16.6. The van der Waals surface area contributed by atoms with Crippen molar-refractivity contribution in [2.75, 3.05) is 11.9 Å². The molecule has 1 aromatic carbocycles. The molecule has 0 heterocycles. The summed E-state index contributed by atoms with van der Waals surface area (Å²) < 4.78 is 36.8. The highest BCUT2D eigenvalue weighted by Crippen LogP contribution is 2.29. The van der Waals surface area contributed by atoms with Gasteiger partial charge in [0.1, 0.15) is 0 Å². The molecular weight excluding hydrogens is 398 g/mol. The van der Waals surface area contributed by atoms with Crippen LogP contribution in [0.2, 0.25) is 0 Å². The van der Waals surface area contributed by atoms with Crippen molar-refractivity contribution in [1.82, 2.24) is 0 Å². The van der Waals surface area contributed by atoms with Crippen molar-refractivity contribution in [3.05, 3.63) is 53.3 Å². The summed E-state index contributed by atoms with van der Waals surface area (Å²) in [6, 6.07) is 4.31. The van der Waals surface area contributed by atoms with E-state index in [4.69, 9.17) is 0 Å². The van der Waals surface area contributed by atoms with Gasteiger partial charge in [-0.2, -0.15) is 13.2 Å². The number of carbonyl (C=O) groups excluding carboxylic acids is 1. The van der Waals surface area contributed by atoms with Gasteiger partial charge in [0.05, 0.1) is 17.8 Å². The Labute approximate surface area is 174 Å². The summed E-state index contributed by atoms with van der Waals surface area (Å²) in [6.45, 7) is 11.9. The van der Waals surface area contributed by atoms with Gasteiger partial charge in [-0.25, -0.2) is 0 Å². The minimum atomic E-state index is -4.36. The molecule has 0 aliphatic heterocycles. The van der Waals surface area contributed by atoms with E-state index in [1.54, 1.807) is 32.1 Å². The normalized spacial score (nSPS) is 12.2. The molecule has 1 atom stereocenters. The number of halogens is 3. The van der Waals surface area contributed by atoms with Crippen molar-refractivity contribution in [2.45, 2.75) is 47.7 Å². The number of hydrogen-bond donors (Lipinski definition) is 1. The summed E-state index contributed by atoms with van der Waals surface area (Å²) in [5.74, 6) is 1.37. The minimum absolute atomic E-state index is 0.327. The molecule has 1 rings (SSSR count). The third-order valence-electron chi connectivity index (χ3n) is 3.27. The highest BCUT2D eigenvalue weighted by molar-refractivity contribution is 7.36. The Balaban J connectivity index is 0. The number of nitrogens with zero attached hydrogens (tertiary/aromatic N) is 2. The number of aliphatic imine (C=N–C) groups is 2. The van der Waals surface area contributed by atoms with E-state index in [2.05, 4.69) is 24.5 Å². The number of benzene rings is 1. The number of alkyl halides is 3. The van der Waals surface area contributed by atoms with Crippen LogP contribution >= 0.6 is 9.24 Å². The molecule has 0 bridgehead atoms. The molecule has 0 saturated carbocycles. The highest BCUT2D eigenvalue weighted by Gasteiger charge is 2.29. The van der Waals surface area contributed by atoms with E-state index in [0.717, 1.165) is 17.8 Å². The van der Waals surface area contributed by atoms with E-state index >= 15 is 0 Å². The summed E-state index contributed by atoms with van der Waals surface area (Å²) in [6.07, 6.45) is 0.997. The topological polar surface area (TPSA) is 53.8 Å². The molecule has 0 aliphatic carbocycles. The first kappa shape index (κ1) is 28.9. The van der Waals surface area contributed by atoms with Crippen LogP contribution in [0.1, 0.15) is 47.1 Å². The van der Waals surface area contributed by atoms with Gasteiger partial charge in [0.2, 0.25) is 0 Å². The van der Waals surface area contributed by atoms with Crippen LogP contribution < -0.4 is 5.32 Å². The van der Waals surface area contributed by atoms with Crippen molar-refractivity contribution in [3.63, 3.8) is 0 Å². The lowest BCUT2D eigenvalue weighted by molar-refractivity contribution is -0.137. The van der Waals surface area contributed by atoms with Crippen LogP contribution in [-0.4, -0.2) is 24.6 Å². The average Bonchev–Trinajstić information content (AvgIpc) is 2.72. The Bertz CT molecular complexity index is 707. The lowest BCUT2D eigenvalue weighted by atomic mass is 10.2. The fraction of sp³-hybridized carbons (Fsp3) is 0.381. The maximum Gasteiger partial charge on any atom is 0.416 e. The van der Waals surface area contributed by atoms with E-state index in [1.165, 1.54) is 12.1 Å². The molecule has 1 aromatic rings. The molecule has 0 fully saturated rings. The highest BCUT2D eigenvalue weighted by atomic mass is 31.0. The number of rotatable bonds is 5. The fourth-order valence-electron chi connectivity index (χ4n) is 1.59. The van der Waals surface area contributed by atoms with E-state index in [-0.39, 0.29) is 5.91 Å². The van der Waals surface area contributed by atoms with Crippen molar-refractivity contribution in [1.29, 1.82) is 0 Å². The first-order valence-electron chi connectivity index (χ1n) is 9.14. The minimum Gasteiger partial charge on any atom is -0.322 e. The van der Waals surface area contributed by atoms with Crippen LogP contribution in [0.5, 0.6) is 0 Å². The van der Waals surface area contributed by atoms with Crippen LogP contribution in [0.25, 0.3) is 0 Å². The van der Waals surface area contributed by atoms with Gasteiger partial charge in [0, 0.05) is 17.2 Å². The Morgan fingerprint density at radius 1 is 1.10 bits per heavy atom. The first-order chi connectivity index (χ1) is 13.7. The molecular formula is C21H31F3N3OP. The summed E-state index contributed by atoms with van der Waals surface area (Å²) >= 11 is 0. The van der Waals surface area contributed by atoms with Gasteiger partial charge in [0.25, 0.3) is 5.91 Å². The van der Waals surface area contributed by atoms with Crippen molar-refractivity contribution >= 4 is 33.0 Å². The smallest absolute Gasteiger partial charge is 0.322 e. The standard InChI is InChI=1S/C12H12F3NO.C7H13N2P.C2H6/c1-3-8(2)11(17)16-10-6-4-9(5-7-10)12(13,14)15;1-3-7(9-6-10)5-8-4-2;1-2/h3-7H,1-2H3,(H,16,17);3-4,6H,5,10H2,1-2H3;1-2H3/b8-3+;7-3-,8-4?,9-6?;. The molecule has 1 N–H and O–H groups in total. The summed E-state index contributed by atoms with van der Waals surface area (Å²) in [4.78, 5) is 19.5. The lowest BCUT2D eigenvalue weighted by Gasteiger charge is -2.08. The van der Waals surface area contributed by atoms with E-state index < -0.39 is 11.7 Å². The SMILES string of the molecule is C/C=C(\C)C(=O)Nc1ccc(C(F)(F)F)cc1.CC.CC=NC/C(=C/C)N=CP. The van der Waals surface area contributed by atoms with E-state index in [0.29, 0.717) is 17.8 Å². The van der Waals surface area contributed by atoms with Gasteiger partial charge >= 0.3 is 6.18 Å². The first-order valence-corrected chi connectivity index (χ1v) is 9.81. The molecule has 1 amide bonds. The zero-order valence-corrected chi connectivity index (χ0v) is 19.0. The zero-order chi connectivity index (χ0) is 22.9. The van der Waals surface area contributed by atoms with Crippen LogP contribution in [0.3, 0.4) is 0 Å². The molecule has 0 aromatic heterocycles. The second kappa shape index (κ2) is 16.7. The monoisotopic (exact) mass is 429 g/mol. The second-order valence-corrected chi connectivity index (χ2v) is 5.46. The second-order valence-electron chi connectivity index (χ2n) is 5.16. The Morgan fingerprint density at radius 2 is 1.66 bits per heavy atom. The largest absolute Gasteiger partial charge is 0.416 e. The van der Waals surface area contributed by atoms with Gasteiger partial charge in [-0.15, -0.1) is 0 Å². The number of hydrogen-bond acceptors (Lipinski definition) is 3. The number of carbonyl (C=O) groups is 1. The summed E-state index contributed by atoms with van der Waals surface area (Å²) in [5, 5.41) is 2.50. The summed E-state index contributed by atoms with van der Waals surface area (Å²) in [5.41, 5.74) is 1.10. The van der Waals surface area contributed by atoms with Crippen LogP contribution in [0.15, 0.2) is 57.7 Å². The Morgan fingerprint density at radius 3 is 2.03 bits per heavy atom. The third-order valence-corrected chi connectivity index (χ3v) is 3.42. The molecule has 1 unspecified atom stereocenters. The van der Waals surface area contributed by atoms with Crippen LogP contribution in [0, 0.1) is 0 Å². The van der Waals surface area contributed by atoms with Crippen molar-refractivity contribution in [2.24, 2.45) is 9.98 Å². The van der Waals surface area contributed by atoms with Crippen molar-refractivity contribution in [3.8, 4) is 0 Å². The number of nitrogens with one attached hydrogen (secondary N) is 1. The lowest BCUT2D eigenvalue weighted by Crippen LogP contribution is -2.12. The van der Waals surface area contributed by atoms with Gasteiger partial charge < -0.3 is 5.32 Å². The maximum atomic E-state index is 12.3. The molecule has 0 radical (unpaired) electrons. The predicted octanol–water partition coefficient (Wildman–Crippen LogP) is 6.52. The molecule has 162 valence electrons. The predicted molar refractivity (Wildman–Crippen MR) is 122 cm³/mol. The number of allylic oxidation sites excluding steroid dienone is 2. The maximum absolute atomic E-state index is 12.3. The molecule has 4 nitrogen and oxygen atoms in total. The van der Waals surface area contributed by atoms with Gasteiger partial charge in [-0.1, -0.05) is 35.2 Å². The van der Waals surface area contributed by atoms with Crippen LogP contribution in [0.4, 0.5) is 18.9 Å². The Hall–Kier alpha value is -2.27. The van der Waals surface area contributed by atoms with Gasteiger partial charge in [-0.3, -0.25) is 14.8 Å². The summed E-state index contributed by atoms with van der Waals surface area (Å²) in [7, 11) is 2.43. The van der Waals surface area contributed by atoms with Crippen molar-refractivity contribution < 1.29 is 18.0 Å². The molecule has 29 heavy (non-hydrogen) atoms. The zero-order valence-electron chi connectivity index (χ0n) is 17.8. The third kappa shape index (κ3) is 13.5. The van der Waals surface area contributed by atoms with Gasteiger partial charge in [-0.05, 0) is 58.2 Å². The quantitative estimate of drug-likeness (QED) is 0.323. The average molecular weight is 429 g/mol. The number of anilines is 1. The molecule has 0 saturated heterocycles. The molecule has 0 aliphatic rings. The fourth-order valence-corrected chi connectivity index (χ4v) is 1.78. The van der Waals surface area contributed by atoms with Crippen LogP contribution in [-0.2, 0) is 11.0 Å². The van der Waals surface area contributed by atoms with E-state index in [1.807, 2.05) is 33.8 Å². The van der Waals surface area contributed by atoms with E-state index in [9.17, 15) is 18.0 Å².